The van der Waals surface area contributed by atoms with Gasteiger partial charge in [0.1, 0.15) is 11.8 Å². The van der Waals surface area contributed by atoms with Crippen molar-refractivity contribution in [3.8, 4) is 0 Å². The molecule has 0 saturated carbocycles. The zero-order valence-corrected chi connectivity index (χ0v) is 6.71. The lowest BCUT2D eigenvalue weighted by Gasteiger charge is -1.96. The van der Waals surface area contributed by atoms with Crippen LogP contribution in [0.25, 0.3) is 11.2 Å². The van der Waals surface area contributed by atoms with Gasteiger partial charge in [-0.3, -0.25) is 0 Å². The van der Waals surface area contributed by atoms with Gasteiger partial charge in [-0.05, 0) is 0 Å². The first-order valence-corrected chi connectivity index (χ1v) is 3.68. The van der Waals surface area contributed by atoms with Crippen LogP contribution in [0, 0.1) is 0 Å². The minimum atomic E-state index is 0.181. The van der Waals surface area contributed by atoms with Crippen molar-refractivity contribution in [2.24, 2.45) is 0 Å². The van der Waals surface area contributed by atoms with Gasteiger partial charge in [0.05, 0.1) is 19.1 Å². The highest BCUT2D eigenvalue weighted by atomic mass is 16.1. The summed E-state index contributed by atoms with van der Waals surface area (Å²) in [5.41, 5.74) is 6.61. The molecular weight excluding hydrogens is 170 g/mol. The number of hydrogen-bond donors (Lipinski definition) is 1. The van der Waals surface area contributed by atoms with Crippen molar-refractivity contribution in [1.29, 1.82) is 0 Å². The number of nitrogens with zero attached hydrogens (tertiary/aromatic N) is 4. The third kappa shape index (κ3) is 1.22. The highest BCUT2D eigenvalue weighted by molar-refractivity contribution is 5.71. The van der Waals surface area contributed by atoms with Gasteiger partial charge in [0.25, 0.3) is 0 Å². The van der Waals surface area contributed by atoms with Crippen LogP contribution >= 0.6 is 0 Å². The Hall–Kier alpha value is -1.98. The molecule has 0 atom stereocenters. The molecule has 2 rings (SSSR count). The summed E-state index contributed by atoms with van der Waals surface area (Å²) in [4.78, 5) is 22.0. The summed E-state index contributed by atoms with van der Waals surface area (Å²) in [6.45, 7) is 0.229. The SMILES string of the molecule is Nc1ncc2ncn(CC=O)c2n1. The summed E-state index contributed by atoms with van der Waals surface area (Å²) in [7, 11) is 0. The van der Waals surface area contributed by atoms with Crippen molar-refractivity contribution in [3.05, 3.63) is 12.5 Å². The number of carbonyl (C=O) groups excluding carboxylic acids is 1. The maximum atomic E-state index is 10.3. The highest BCUT2D eigenvalue weighted by Gasteiger charge is 2.03. The Bertz CT molecular complexity index is 449. The molecule has 2 aromatic rings. The Balaban J connectivity index is 2.64. The molecule has 2 N–H and O–H groups in total. The number of fused-ring (bicyclic) bond motifs is 1. The van der Waals surface area contributed by atoms with Gasteiger partial charge in [-0.1, -0.05) is 0 Å². The van der Waals surface area contributed by atoms with E-state index in [1.54, 1.807) is 4.57 Å². The van der Waals surface area contributed by atoms with Crippen LogP contribution in [-0.4, -0.2) is 25.8 Å². The molecule has 0 unspecified atom stereocenters. The predicted octanol–water partition coefficient (Wildman–Crippen LogP) is -0.393. The van der Waals surface area contributed by atoms with Crippen LogP contribution in [0.1, 0.15) is 0 Å². The quantitative estimate of drug-likeness (QED) is 0.631. The number of nitrogens with two attached hydrogens (primary N) is 1. The minimum Gasteiger partial charge on any atom is -0.368 e. The second-order valence-electron chi connectivity index (χ2n) is 2.50. The zero-order chi connectivity index (χ0) is 9.26. The summed E-state index contributed by atoms with van der Waals surface area (Å²) in [6.07, 6.45) is 3.84. The Morgan fingerprint density at radius 2 is 2.38 bits per heavy atom. The second kappa shape index (κ2) is 2.81. The van der Waals surface area contributed by atoms with Crippen LogP contribution in [0.3, 0.4) is 0 Å². The number of hydrogen-bond acceptors (Lipinski definition) is 5. The Labute approximate surface area is 73.4 Å². The third-order valence-corrected chi connectivity index (χ3v) is 1.65. The number of anilines is 1. The summed E-state index contributed by atoms with van der Waals surface area (Å²) < 4.78 is 1.61. The van der Waals surface area contributed by atoms with E-state index in [-0.39, 0.29) is 12.5 Å². The van der Waals surface area contributed by atoms with Gasteiger partial charge >= 0.3 is 0 Å². The number of aromatic nitrogens is 4. The van der Waals surface area contributed by atoms with E-state index in [2.05, 4.69) is 15.0 Å². The molecule has 2 aromatic heterocycles. The van der Waals surface area contributed by atoms with Gasteiger partial charge < -0.3 is 15.1 Å². The van der Waals surface area contributed by atoms with E-state index >= 15 is 0 Å². The van der Waals surface area contributed by atoms with Crippen molar-refractivity contribution >= 4 is 23.4 Å². The molecule has 0 fully saturated rings. The van der Waals surface area contributed by atoms with Crippen molar-refractivity contribution in [1.82, 2.24) is 19.5 Å². The highest BCUT2D eigenvalue weighted by Crippen LogP contribution is 2.08. The first-order chi connectivity index (χ1) is 6.31. The summed E-state index contributed by atoms with van der Waals surface area (Å²) in [5, 5.41) is 0. The molecule has 0 aliphatic rings. The van der Waals surface area contributed by atoms with Crippen molar-refractivity contribution in [3.63, 3.8) is 0 Å². The third-order valence-electron chi connectivity index (χ3n) is 1.65. The average Bonchev–Trinajstić information content (AvgIpc) is 2.49. The number of imidazole rings is 1. The average molecular weight is 177 g/mol. The lowest BCUT2D eigenvalue weighted by atomic mass is 10.5. The smallest absolute Gasteiger partial charge is 0.222 e. The molecule has 0 bridgehead atoms. The standard InChI is InChI=1S/C7H7N5O/c8-7-9-3-5-6(11-7)12(1-2-13)4-10-5/h2-4H,1H2,(H2,8,9,11). The monoisotopic (exact) mass is 177 g/mol. The molecule has 0 spiro atoms. The van der Waals surface area contributed by atoms with E-state index in [0.29, 0.717) is 11.2 Å². The van der Waals surface area contributed by atoms with Crippen molar-refractivity contribution < 1.29 is 4.79 Å². The maximum absolute atomic E-state index is 10.3. The minimum absolute atomic E-state index is 0.181. The predicted molar refractivity (Wildman–Crippen MR) is 45.8 cm³/mol. The lowest BCUT2D eigenvalue weighted by Crippen LogP contribution is -2.00. The van der Waals surface area contributed by atoms with Gasteiger partial charge in [0, 0.05) is 0 Å². The Morgan fingerprint density at radius 1 is 1.54 bits per heavy atom. The van der Waals surface area contributed by atoms with Crippen LogP contribution in [0.4, 0.5) is 5.95 Å². The molecule has 6 heteroatoms. The summed E-state index contributed by atoms with van der Waals surface area (Å²) >= 11 is 0. The van der Waals surface area contributed by atoms with Gasteiger partial charge in [-0.15, -0.1) is 0 Å². The van der Waals surface area contributed by atoms with E-state index in [9.17, 15) is 4.79 Å². The molecule has 13 heavy (non-hydrogen) atoms. The number of rotatable bonds is 2. The van der Waals surface area contributed by atoms with E-state index in [0.717, 1.165) is 6.29 Å². The van der Waals surface area contributed by atoms with E-state index in [1.165, 1.54) is 12.5 Å². The molecule has 6 nitrogen and oxygen atoms in total. The van der Waals surface area contributed by atoms with Crippen molar-refractivity contribution in [2.45, 2.75) is 6.54 Å². The molecule has 0 aromatic carbocycles. The molecule has 0 radical (unpaired) electrons. The second-order valence-corrected chi connectivity index (χ2v) is 2.50. The van der Waals surface area contributed by atoms with Crippen LogP contribution in [0.15, 0.2) is 12.5 Å². The molecule has 0 aliphatic heterocycles. The molecule has 0 aliphatic carbocycles. The van der Waals surface area contributed by atoms with E-state index in [4.69, 9.17) is 5.73 Å². The first kappa shape index (κ1) is 7.66. The molecular formula is C7H7N5O. The summed E-state index contributed by atoms with van der Waals surface area (Å²) in [6, 6.07) is 0. The van der Waals surface area contributed by atoms with Crippen LogP contribution in [0.2, 0.25) is 0 Å². The maximum Gasteiger partial charge on any atom is 0.222 e. The van der Waals surface area contributed by atoms with Gasteiger partial charge in [0.15, 0.2) is 5.65 Å². The Kier molecular flexibility index (Phi) is 1.66. The van der Waals surface area contributed by atoms with Gasteiger partial charge in [-0.25, -0.2) is 9.97 Å². The number of carbonyl (C=O) groups is 1. The largest absolute Gasteiger partial charge is 0.368 e. The fourth-order valence-electron chi connectivity index (χ4n) is 1.08. The Morgan fingerprint density at radius 3 is 3.15 bits per heavy atom. The normalized spacial score (nSPS) is 10.5. The number of nitrogen functional groups attached to an aromatic ring is 1. The molecule has 0 amide bonds. The van der Waals surface area contributed by atoms with E-state index in [1.807, 2.05) is 0 Å². The van der Waals surface area contributed by atoms with Crippen molar-refractivity contribution in [2.75, 3.05) is 5.73 Å². The summed E-state index contributed by atoms with van der Waals surface area (Å²) in [5.74, 6) is 0.181. The lowest BCUT2D eigenvalue weighted by molar-refractivity contribution is -0.108. The molecule has 2 heterocycles. The fraction of sp³-hybridized carbons (Fsp3) is 0.143. The topological polar surface area (TPSA) is 86.7 Å². The van der Waals surface area contributed by atoms with Gasteiger partial charge in [0.2, 0.25) is 5.95 Å². The van der Waals surface area contributed by atoms with Gasteiger partial charge in [-0.2, -0.15) is 4.98 Å². The molecule has 0 saturated heterocycles. The van der Waals surface area contributed by atoms with Crippen LogP contribution in [0.5, 0.6) is 0 Å². The zero-order valence-electron chi connectivity index (χ0n) is 6.71. The number of aldehydes is 1. The van der Waals surface area contributed by atoms with E-state index < -0.39 is 0 Å². The fourth-order valence-corrected chi connectivity index (χ4v) is 1.08. The first-order valence-electron chi connectivity index (χ1n) is 3.68. The molecule has 66 valence electrons. The van der Waals surface area contributed by atoms with Crippen LogP contribution in [-0.2, 0) is 11.3 Å². The van der Waals surface area contributed by atoms with Crippen LogP contribution < -0.4 is 5.73 Å².